The number of amides is 2. The summed E-state index contributed by atoms with van der Waals surface area (Å²) in [7, 11) is -3.26. The van der Waals surface area contributed by atoms with Crippen LogP contribution in [-0.4, -0.2) is 60.9 Å². The molecule has 1 unspecified atom stereocenters. The summed E-state index contributed by atoms with van der Waals surface area (Å²) in [6, 6.07) is 17.6. The van der Waals surface area contributed by atoms with E-state index < -0.39 is 9.84 Å². The minimum atomic E-state index is -3.26. The Labute approximate surface area is 260 Å². The first-order chi connectivity index (χ1) is 21.2. The number of sulfone groups is 1. The third kappa shape index (κ3) is 5.66. The maximum Gasteiger partial charge on any atom is 0.322 e. The first kappa shape index (κ1) is 29.4. The monoisotopic (exact) mass is 614 g/mol. The fourth-order valence-corrected chi connectivity index (χ4v) is 8.33. The molecule has 44 heavy (non-hydrogen) atoms. The molecule has 3 fully saturated rings. The van der Waals surface area contributed by atoms with Gasteiger partial charge < -0.3 is 10.4 Å². The predicted octanol–water partition coefficient (Wildman–Crippen LogP) is 5.53. The van der Waals surface area contributed by atoms with Crippen LogP contribution in [0, 0.1) is 0 Å². The van der Waals surface area contributed by atoms with Crippen molar-refractivity contribution < 1.29 is 18.3 Å². The smallest absolute Gasteiger partial charge is 0.322 e. The molecule has 2 N–H and O–H groups in total. The number of carbonyl (C=O) groups is 1. The van der Waals surface area contributed by atoms with Gasteiger partial charge in [-0.05, 0) is 85.0 Å². The predicted molar refractivity (Wildman–Crippen MR) is 171 cm³/mol. The van der Waals surface area contributed by atoms with Crippen LogP contribution < -0.4 is 10.2 Å². The lowest BCUT2D eigenvalue weighted by Crippen LogP contribution is -2.41. The Balaban J connectivity index is 1.14. The SMILES string of the molecule is CCS(=O)(=O)c1ccc(CNC(=O)N2CC3(CCCC3)c3nc(-c4cc(CN5CCC(O)C5)ccc4C4CC4)ccc32)cc1. The highest BCUT2D eigenvalue weighted by Gasteiger charge is 2.48. The summed E-state index contributed by atoms with van der Waals surface area (Å²) in [6.07, 6.45) is 7.36. The van der Waals surface area contributed by atoms with Crippen molar-refractivity contribution >= 4 is 21.6 Å². The van der Waals surface area contributed by atoms with Crippen LogP contribution in [0.25, 0.3) is 11.3 Å². The summed E-state index contributed by atoms with van der Waals surface area (Å²) in [6.45, 7) is 5.06. The van der Waals surface area contributed by atoms with E-state index in [2.05, 4.69) is 40.5 Å². The first-order valence-electron chi connectivity index (χ1n) is 16.2. The number of nitrogens with one attached hydrogen (secondary N) is 1. The molecule has 1 aromatic heterocycles. The molecule has 1 spiro atoms. The molecule has 2 amide bonds. The normalized spacial score (nSPS) is 21.2. The first-order valence-corrected chi connectivity index (χ1v) is 17.8. The van der Waals surface area contributed by atoms with Gasteiger partial charge in [0, 0.05) is 43.7 Å². The number of benzene rings is 2. The van der Waals surface area contributed by atoms with Crippen molar-refractivity contribution in [1.29, 1.82) is 0 Å². The van der Waals surface area contributed by atoms with Gasteiger partial charge in [0.2, 0.25) is 0 Å². The van der Waals surface area contributed by atoms with Gasteiger partial charge in [0.25, 0.3) is 0 Å². The molecule has 3 heterocycles. The Morgan fingerprint density at radius 3 is 2.45 bits per heavy atom. The number of β-amino-alcohol motifs (C(OH)–C–C–N with tert-alkyl or cyclic N) is 1. The average Bonchev–Trinajstić information content (AvgIpc) is 3.49. The van der Waals surface area contributed by atoms with Crippen molar-refractivity contribution in [3.05, 3.63) is 77.0 Å². The molecule has 1 atom stereocenters. The lowest BCUT2D eigenvalue weighted by Gasteiger charge is -2.24. The van der Waals surface area contributed by atoms with Crippen molar-refractivity contribution in [2.45, 2.75) is 87.3 Å². The molecule has 9 heteroatoms. The van der Waals surface area contributed by atoms with Gasteiger partial charge in [-0.25, -0.2) is 18.2 Å². The Morgan fingerprint density at radius 2 is 1.77 bits per heavy atom. The Hall–Kier alpha value is -3.27. The third-order valence-electron chi connectivity index (χ3n) is 10.1. The van der Waals surface area contributed by atoms with Gasteiger partial charge in [-0.3, -0.25) is 9.80 Å². The Bertz CT molecular complexity index is 1660. The van der Waals surface area contributed by atoms with E-state index in [1.807, 2.05) is 4.90 Å². The number of pyridine rings is 1. The van der Waals surface area contributed by atoms with Gasteiger partial charge in [-0.1, -0.05) is 44.0 Å². The van der Waals surface area contributed by atoms with Gasteiger partial charge in [0.05, 0.1) is 33.8 Å². The molecular weight excluding hydrogens is 572 g/mol. The van der Waals surface area contributed by atoms with Crippen LogP contribution in [0.15, 0.2) is 59.5 Å². The average molecular weight is 615 g/mol. The highest BCUT2D eigenvalue weighted by Crippen LogP contribution is 2.51. The minimum Gasteiger partial charge on any atom is -0.392 e. The van der Waals surface area contributed by atoms with Crippen LogP contribution >= 0.6 is 0 Å². The maximum atomic E-state index is 13.6. The van der Waals surface area contributed by atoms with E-state index in [4.69, 9.17) is 4.98 Å². The lowest BCUT2D eigenvalue weighted by atomic mass is 9.84. The number of nitrogens with zero attached hydrogens (tertiary/aromatic N) is 3. The number of urea groups is 1. The number of aliphatic hydroxyl groups excluding tert-OH is 1. The van der Waals surface area contributed by atoms with Crippen molar-refractivity contribution in [3.8, 4) is 11.3 Å². The lowest BCUT2D eigenvalue weighted by molar-refractivity contribution is 0.175. The fourth-order valence-electron chi connectivity index (χ4n) is 7.44. The summed E-state index contributed by atoms with van der Waals surface area (Å²) >= 11 is 0. The molecule has 7 rings (SSSR count). The molecule has 2 aliphatic heterocycles. The maximum absolute atomic E-state index is 13.6. The second-order valence-corrected chi connectivity index (χ2v) is 15.5. The van der Waals surface area contributed by atoms with E-state index in [-0.39, 0.29) is 23.3 Å². The Morgan fingerprint density at radius 1 is 1.02 bits per heavy atom. The second kappa shape index (κ2) is 11.6. The van der Waals surface area contributed by atoms with E-state index in [1.54, 1.807) is 31.2 Å². The standard InChI is InChI=1S/C35H42N4O4S/c1-2-44(42,43)28-10-5-24(6-11-28)20-36-34(41)39-23-35(16-3-4-17-35)33-32(39)14-13-31(37-33)30-19-25(7-12-29(30)26-8-9-26)21-38-18-15-27(40)22-38/h5-7,10-14,19,26-27,40H,2-4,8-9,15-18,20-23H2,1H3,(H,36,41). The van der Waals surface area contributed by atoms with Gasteiger partial charge in [0.15, 0.2) is 9.84 Å². The van der Waals surface area contributed by atoms with E-state index >= 15 is 0 Å². The number of hydrogen-bond acceptors (Lipinski definition) is 6. The highest BCUT2D eigenvalue weighted by molar-refractivity contribution is 7.91. The summed E-state index contributed by atoms with van der Waals surface area (Å²) in [5.74, 6) is 0.646. The number of likely N-dealkylation sites (tertiary alicyclic amines) is 1. The molecule has 8 nitrogen and oxygen atoms in total. The summed E-state index contributed by atoms with van der Waals surface area (Å²) in [4.78, 5) is 23.5. The van der Waals surface area contributed by atoms with E-state index in [1.165, 1.54) is 29.5 Å². The zero-order valence-electron chi connectivity index (χ0n) is 25.5. The molecule has 0 radical (unpaired) electrons. The summed E-state index contributed by atoms with van der Waals surface area (Å²) in [5.41, 5.74) is 7.49. The summed E-state index contributed by atoms with van der Waals surface area (Å²) < 4.78 is 24.3. The quantitative estimate of drug-likeness (QED) is 0.346. The molecule has 3 aromatic rings. The topological polar surface area (TPSA) is 103 Å². The number of fused-ring (bicyclic) bond motifs is 2. The van der Waals surface area contributed by atoms with Gasteiger partial charge in [-0.15, -0.1) is 0 Å². The van der Waals surface area contributed by atoms with Crippen molar-refractivity contribution in [2.75, 3.05) is 30.3 Å². The van der Waals surface area contributed by atoms with Crippen molar-refractivity contribution in [1.82, 2.24) is 15.2 Å². The molecule has 0 bridgehead atoms. The van der Waals surface area contributed by atoms with E-state index in [9.17, 15) is 18.3 Å². The van der Waals surface area contributed by atoms with Gasteiger partial charge >= 0.3 is 6.03 Å². The molecular formula is C35H42N4O4S. The number of aromatic nitrogens is 1. The van der Waals surface area contributed by atoms with Gasteiger partial charge in [0.1, 0.15) is 0 Å². The third-order valence-corrected chi connectivity index (χ3v) is 11.9. The van der Waals surface area contributed by atoms with Crippen LogP contribution in [0.3, 0.4) is 0 Å². The molecule has 2 saturated carbocycles. The van der Waals surface area contributed by atoms with Crippen LogP contribution in [-0.2, 0) is 28.3 Å². The molecule has 2 aromatic carbocycles. The largest absolute Gasteiger partial charge is 0.392 e. The van der Waals surface area contributed by atoms with Gasteiger partial charge in [-0.2, -0.15) is 0 Å². The van der Waals surface area contributed by atoms with Crippen LogP contribution in [0.1, 0.15) is 80.2 Å². The zero-order valence-corrected chi connectivity index (χ0v) is 26.3. The van der Waals surface area contributed by atoms with Crippen LogP contribution in [0.4, 0.5) is 10.5 Å². The second-order valence-electron chi connectivity index (χ2n) is 13.2. The van der Waals surface area contributed by atoms with Crippen molar-refractivity contribution in [3.63, 3.8) is 0 Å². The number of anilines is 1. The Kier molecular flexibility index (Phi) is 7.75. The zero-order chi connectivity index (χ0) is 30.5. The molecule has 4 aliphatic rings. The molecule has 1 saturated heterocycles. The van der Waals surface area contributed by atoms with Crippen molar-refractivity contribution in [2.24, 2.45) is 0 Å². The minimum absolute atomic E-state index is 0.0614. The fraction of sp³-hybridized carbons (Fsp3) is 0.486. The molecule has 232 valence electrons. The highest BCUT2D eigenvalue weighted by atomic mass is 32.2. The number of rotatable bonds is 8. The van der Waals surface area contributed by atoms with Crippen LogP contribution in [0.5, 0.6) is 0 Å². The van der Waals surface area contributed by atoms with E-state index in [0.29, 0.717) is 23.9 Å². The number of carbonyl (C=O) groups excluding carboxylic acids is 1. The number of aliphatic hydroxyl groups is 1. The summed E-state index contributed by atoms with van der Waals surface area (Å²) in [5, 5.41) is 13.1. The van der Waals surface area contributed by atoms with Crippen LogP contribution in [0.2, 0.25) is 0 Å². The molecule has 2 aliphatic carbocycles. The van der Waals surface area contributed by atoms with E-state index in [0.717, 1.165) is 74.4 Å². The number of hydrogen-bond donors (Lipinski definition) is 2.